The number of rotatable bonds is 4. The SMILES string of the molecule is [CH-]=CC[C](=[W])/C=C\C(C)=O. The van der Waals surface area contributed by atoms with Gasteiger partial charge in [-0.3, -0.25) is 0 Å². The third-order valence-electron chi connectivity index (χ3n) is 0.823. The summed E-state index contributed by atoms with van der Waals surface area (Å²) in [4.78, 5) is 10.4. The normalized spacial score (nSPS) is 9.70. The third-order valence-corrected chi connectivity index (χ3v) is 1.91. The van der Waals surface area contributed by atoms with Gasteiger partial charge in [0.2, 0.25) is 0 Å². The fourth-order valence-corrected chi connectivity index (χ4v) is 0.985. The molecular weight excluding hydrogens is 296 g/mol. The van der Waals surface area contributed by atoms with Crippen LogP contribution in [-0.2, 0) is 24.1 Å². The standard InChI is InChI=1S/C8H9O.W/c1-3-4-5-6-7-8(2)9;/h1,3,6-7H,4H2,2H3;/q-1;/b7-6-;. The zero-order valence-electron chi connectivity index (χ0n) is 5.83. The molecule has 0 radical (unpaired) electrons. The Morgan fingerprint density at radius 2 is 2.20 bits per heavy atom. The van der Waals surface area contributed by atoms with Crippen LogP contribution in [0, 0.1) is 6.58 Å². The molecule has 0 atom stereocenters. The topological polar surface area (TPSA) is 17.1 Å². The molecule has 0 bridgehead atoms. The molecule has 0 N–H and O–H groups in total. The van der Waals surface area contributed by atoms with E-state index in [2.05, 4.69) is 0 Å². The van der Waals surface area contributed by atoms with E-state index in [1.165, 1.54) is 30.2 Å². The van der Waals surface area contributed by atoms with E-state index in [1.54, 1.807) is 12.2 Å². The van der Waals surface area contributed by atoms with Crippen LogP contribution in [-0.4, -0.2) is 9.68 Å². The molecule has 0 spiro atoms. The van der Waals surface area contributed by atoms with Gasteiger partial charge in [-0.05, 0) is 0 Å². The maximum absolute atomic E-state index is 10.4. The Hall–Kier alpha value is -0.292. The molecule has 10 heavy (non-hydrogen) atoms. The van der Waals surface area contributed by atoms with Crippen molar-refractivity contribution in [1.82, 2.24) is 0 Å². The van der Waals surface area contributed by atoms with E-state index in [0.717, 1.165) is 6.42 Å². The van der Waals surface area contributed by atoms with Gasteiger partial charge in [0.05, 0.1) is 0 Å². The van der Waals surface area contributed by atoms with Gasteiger partial charge in [-0.25, -0.2) is 0 Å². The quantitative estimate of drug-likeness (QED) is 0.564. The average molecular weight is 305 g/mol. The van der Waals surface area contributed by atoms with Crippen molar-refractivity contribution in [1.29, 1.82) is 0 Å². The Labute approximate surface area is 72.2 Å². The molecule has 0 unspecified atom stereocenters. The van der Waals surface area contributed by atoms with Crippen molar-refractivity contribution < 1.29 is 24.1 Å². The predicted octanol–water partition coefficient (Wildman–Crippen LogP) is 1.23. The number of carbonyl (C=O) groups excluding carboxylic acids is 1. The van der Waals surface area contributed by atoms with Crippen molar-refractivity contribution in [2.45, 2.75) is 13.3 Å². The minimum atomic E-state index is 0.0794. The second kappa shape index (κ2) is 5.49. The van der Waals surface area contributed by atoms with Crippen LogP contribution in [0.2, 0.25) is 0 Å². The van der Waals surface area contributed by atoms with Gasteiger partial charge in [-0.1, -0.05) is 0 Å². The first-order valence-electron chi connectivity index (χ1n) is 2.91. The monoisotopic (exact) mass is 305 g/mol. The molecule has 0 fully saturated rings. The first-order chi connectivity index (χ1) is 4.66. The number of ketones is 1. The Morgan fingerprint density at radius 1 is 1.60 bits per heavy atom. The molecule has 0 aromatic rings. The predicted molar refractivity (Wildman–Crippen MR) is 38.3 cm³/mol. The van der Waals surface area contributed by atoms with E-state index in [9.17, 15) is 4.79 Å². The fourth-order valence-electron chi connectivity index (χ4n) is 0.394. The summed E-state index contributed by atoms with van der Waals surface area (Å²) in [7, 11) is 0. The summed E-state index contributed by atoms with van der Waals surface area (Å²) < 4.78 is 1.18. The van der Waals surface area contributed by atoms with Crippen molar-refractivity contribution in [3.63, 3.8) is 0 Å². The minimum absolute atomic E-state index is 0.0794. The summed E-state index contributed by atoms with van der Waals surface area (Å²) in [5.41, 5.74) is 0. The Kier molecular flexibility index (Phi) is 5.33. The van der Waals surface area contributed by atoms with Gasteiger partial charge < -0.3 is 0 Å². The molecule has 1 nitrogen and oxygen atoms in total. The van der Waals surface area contributed by atoms with E-state index < -0.39 is 0 Å². The summed E-state index contributed by atoms with van der Waals surface area (Å²) in [6.45, 7) is 6.72. The molecule has 0 aromatic heterocycles. The number of carbonyl (C=O) groups is 1. The number of hydrogen-bond donors (Lipinski definition) is 0. The van der Waals surface area contributed by atoms with Crippen LogP contribution >= 0.6 is 0 Å². The van der Waals surface area contributed by atoms with Crippen molar-refractivity contribution in [3.8, 4) is 0 Å². The zero-order chi connectivity index (χ0) is 7.98. The molecule has 2 heteroatoms. The molecule has 0 saturated heterocycles. The summed E-state index contributed by atoms with van der Waals surface area (Å²) in [5.74, 6) is 0.0794. The van der Waals surface area contributed by atoms with Gasteiger partial charge in [0.25, 0.3) is 0 Å². The van der Waals surface area contributed by atoms with E-state index in [-0.39, 0.29) is 5.78 Å². The van der Waals surface area contributed by atoms with Gasteiger partial charge in [0.1, 0.15) is 0 Å². The van der Waals surface area contributed by atoms with Crippen molar-refractivity contribution >= 4 is 9.68 Å². The van der Waals surface area contributed by atoms with Gasteiger partial charge in [-0.15, -0.1) is 0 Å². The van der Waals surface area contributed by atoms with Crippen LogP contribution in [0.5, 0.6) is 0 Å². The maximum atomic E-state index is 10.4. The van der Waals surface area contributed by atoms with Crippen molar-refractivity contribution in [3.05, 3.63) is 24.8 Å². The summed E-state index contributed by atoms with van der Waals surface area (Å²) >= 11 is 1.36. The second-order valence-electron chi connectivity index (χ2n) is 1.85. The molecule has 0 heterocycles. The van der Waals surface area contributed by atoms with Crippen LogP contribution in [0.25, 0.3) is 0 Å². The zero-order valence-corrected chi connectivity index (χ0v) is 8.77. The van der Waals surface area contributed by atoms with Crippen LogP contribution in [0.4, 0.5) is 0 Å². The third kappa shape index (κ3) is 5.84. The van der Waals surface area contributed by atoms with Gasteiger partial charge in [0, 0.05) is 0 Å². The molecule has 0 aliphatic heterocycles. The van der Waals surface area contributed by atoms with E-state index in [0.29, 0.717) is 0 Å². The van der Waals surface area contributed by atoms with Crippen LogP contribution in [0.3, 0.4) is 0 Å². The van der Waals surface area contributed by atoms with E-state index in [1.807, 2.05) is 6.08 Å². The van der Waals surface area contributed by atoms with E-state index in [4.69, 9.17) is 6.58 Å². The molecule has 54 valence electrons. The van der Waals surface area contributed by atoms with Crippen LogP contribution in [0.15, 0.2) is 18.2 Å². The summed E-state index contributed by atoms with van der Waals surface area (Å²) in [6, 6.07) is 0. The average Bonchev–Trinajstić information content (AvgIpc) is 1.85. The molecule has 0 rings (SSSR count). The van der Waals surface area contributed by atoms with Gasteiger partial charge >= 0.3 is 72.0 Å². The fraction of sp³-hybridized carbons (Fsp3) is 0.250. The van der Waals surface area contributed by atoms with E-state index >= 15 is 0 Å². The first-order valence-corrected chi connectivity index (χ1v) is 4.38. The summed E-state index contributed by atoms with van der Waals surface area (Å²) in [6.07, 6.45) is 5.75. The van der Waals surface area contributed by atoms with Crippen LogP contribution in [0.1, 0.15) is 13.3 Å². The van der Waals surface area contributed by atoms with Crippen LogP contribution < -0.4 is 0 Å². The van der Waals surface area contributed by atoms with Crippen molar-refractivity contribution in [2.75, 3.05) is 0 Å². The molecule has 0 saturated carbocycles. The molecular formula is C8H9OW-. The van der Waals surface area contributed by atoms with Gasteiger partial charge in [-0.2, -0.15) is 0 Å². The number of hydrogen-bond acceptors (Lipinski definition) is 1. The Morgan fingerprint density at radius 3 is 2.60 bits per heavy atom. The Bertz CT molecular complexity index is 180. The second-order valence-corrected chi connectivity index (χ2v) is 3.73. The molecule has 0 aliphatic rings. The Balaban J connectivity index is 3.77. The molecule has 0 amide bonds. The van der Waals surface area contributed by atoms with Gasteiger partial charge in [0.15, 0.2) is 0 Å². The summed E-state index contributed by atoms with van der Waals surface area (Å²) in [5, 5.41) is 0. The van der Waals surface area contributed by atoms with Crippen molar-refractivity contribution in [2.24, 2.45) is 0 Å². The number of allylic oxidation sites excluding steroid dienone is 3. The molecule has 0 aromatic carbocycles. The molecule has 0 aliphatic carbocycles. The first kappa shape index (κ1) is 9.71.